The summed E-state index contributed by atoms with van der Waals surface area (Å²) in [6.45, 7) is 11.8. The van der Waals surface area contributed by atoms with Gasteiger partial charge in [-0.1, -0.05) is 13.5 Å². The van der Waals surface area contributed by atoms with Crippen LogP contribution in [0.1, 0.15) is 40.5 Å². The van der Waals surface area contributed by atoms with Crippen LogP contribution in [0.3, 0.4) is 0 Å². The van der Waals surface area contributed by atoms with E-state index < -0.39 is 0 Å². The average molecular weight is 241 g/mol. The lowest BCUT2D eigenvalue weighted by molar-refractivity contribution is -0.146. The van der Waals surface area contributed by atoms with E-state index in [-0.39, 0.29) is 24.0 Å². The molecular weight excluding hydrogens is 218 g/mol. The molecule has 98 valence electrons. The van der Waals surface area contributed by atoms with Gasteiger partial charge in [-0.15, -0.1) is 0 Å². The van der Waals surface area contributed by atoms with Crippen molar-refractivity contribution in [1.29, 1.82) is 0 Å². The summed E-state index contributed by atoms with van der Waals surface area (Å²) in [7, 11) is 0. The Morgan fingerprint density at radius 3 is 2.35 bits per heavy atom. The lowest BCUT2D eigenvalue weighted by Gasteiger charge is -2.34. The van der Waals surface area contributed by atoms with Crippen LogP contribution in [0, 0.1) is 0 Å². The summed E-state index contributed by atoms with van der Waals surface area (Å²) in [6.07, 6.45) is 2.47. The zero-order valence-electron chi connectivity index (χ0n) is 11.3. The molecule has 0 rings (SSSR count). The highest BCUT2D eigenvalue weighted by atomic mass is 16.5. The van der Waals surface area contributed by atoms with Crippen molar-refractivity contribution >= 4 is 11.9 Å². The van der Waals surface area contributed by atoms with Gasteiger partial charge in [-0.05, 0) is 33.3 Å². The van der Waals surface area contributed by atoms with Gasteiger partial charge in [0.2, 0.25) is 5.91 Å². The zero-order valence-corrected chi connectivity index (χ0v) is 11.3. The van der Waals surface area contributed by atoms with E-state index in [0.29, 0.717) is 13.0 Å². The van der Waals surface area contributed by atoms with Gasteiger partial charge in [0.1, 0.15) is 6.61 Å². The standard InChI is InChI=1S/C13H23NO3/c1-6-8-12(16)17-10-9-14(11(15)7-2)13(3,4)5/h7H,2,6,8-10H2,1,3-5H3. The van der Waals surface area contributed by atoms with Crippen molar-refractivity contribution in [3.63, 3.8) is 0 Å². The van der Waals surface area contributed by atoms with Gasteiger partial charge in [0.05, 0.1) is 6.54 Å². The third-order valence-corrected chi connectivity index (χ3v) is 2.28. The Hall–Kier alpha value is -1.32. The maximum absolute atomic E-state index is 11.6. The van der Waals surface area contributed by atoms with Gasteiger partial charge in [0, 0.05) is 12.0 Å². The highest BCUT2D eigenvalue weighted by Gasteiger charge is 2.24. The van der Waals surface area contributed by atoms with Gasteiger partial charge in [0.25, 0.3) is 0 Å². The molecule has 0 aliphatic rings. The lowest BCUT2D eigenvalue weighted by atomic mass is 10.1. The van der Waals surface area contributed by atoms with Crippen molar-refractivity contribution in [2.75, 3.05) is 13.2 Å². The van der Waals surface area contributed by atoms with Gasteiger partial charge in [0.15, 0.2) is 0 Å². The topological polar surface area (TPSA) is 46.6 Å². The number of ether oxygens (including phenoxy) is 1. The van der Waals surface area contributed by atoms with Crippen molar-refractivity contribution in [2.45, 2.75) is 46.1 Å². The Morgan fingerprint density at radius 1 is 1.35 bits per heavy atom. The third-order valence-electron chi connectivity index (χ3n) is 2.28. The molecule has 1 amide bonds. The molecular formula is C13H23NO3. The van der Waals surface area contributed by atoms with E-state index in [0.717, 1.165) is 6.42 Å². The molecule has 0 radical (unpaired) electrons. The van der Waals surface area contributed by atoms with Crippen LogP contribution in [-0.4, -0.2) is 35.5 Å². The fraction of sp³-hybridized carbons (Fsp3) is 0.692. The van der Waals surface area contributed by atoms with Crippen LogP contribution in [0.2, 0.25) is 0 Å². The quantitative estimate of drug-likeness (QED) is 0.528. The number of amides is 1. The van der Waals surface area contributed by atoms with Crippen LogP contribution in [-0.2, 0) is 14.3 Å². The zero-order chi connectivity index (χ0) is 13.5. The summed E-state index contributed by atoms with van der Waals surface area (Å²) in [6, 6.07) is 0. The van der Waals surface area contributed by atoms with Gasteiger partial charge in [-0.25, -0.2) is 0 Å². The van der Waals surface area contributed by atoms with E-state index in [1.165, 1.54) is 6.08 Å². The molecule has 0 fully saturated rings. The second-order valence-corrected chi connectivity index (χ2v) is 4.84. The highest BCUT2D eigenvalue weighted by molar-refractivity contribution is 5.87. The first-order valence-corrected chi connectivity index (χ1v) is 5.92. The summed E-state index contributed by atoms with van der Waals surface area (Å²) in [5, 5.41) is 0. The maximum atomic E-state index is 11.6. The molecule has 0 unspecified atom stereocenters. The average Bonchev–Trinajstić information content (AvgIpc) is 2.22. The van der Waals surface area contributed by atoms with Gasteiger partial charge in [-0.3, -0.25) is 9.59 Å². The molecule has 0 saturated carbocycles. The van der Waals surface area contributed by atoms with Crippen LogP contribution >= 0.6 is 0 Å². The third kappa shape index (κ3) is 6.09. The van der Waals surface area contributed by atoms with E-state index in [9.17, 15) is 9.59 Å². The Morgan fingerprint density at radius 2 is 1.94 bits per heavy atom. The second kappa shape index (κ2) is 7.09. The van der Waals surface area contributed by atoms with Crippen molar-refractivity contribution in [1.82, 2.24) is 4.90 Å². The largest absolute Gasteiger partial charge is 0.464 e. The first kappa shape index (κ1) is 15.7. The molecule has 4 nitrogen and oxygen atoms in total. The highest BCUT2D eigenvalue weighted by Crippen LogP contribution is 2.13. The predicted octanol–water partition coefficient (Wildman–Crippen LogP) is 2.14. The summed E-state index contributed by atoms with van der Waals surface area (Å²) < 4.78 is 5.04. The first-order chi connectivity index (χ1) is 7.82. The van der Waals surface area contributed by atoms with Crippen LogP contribution in [0.5, 0.6) is 0 Å². The number of esters is 1. The van der Waals surface area contributed by atoms with E-state index in [1.807, 2.05) is 27.7 Å². The summed E-state index contributed by atoms with van der Waals surface area (Å²) in [4.78, 5) is 24.4. The number of hydrogen-bond acceptors (Lipinski definition) is 3. The summed E-state index contributed by atoms with van der Waals surface area (Å²) in [5.74, 6) is -0.364. The van der Waals surface area contributed by atoms with Crippen LogP contribution in [0.4, 0.5) is 0 Å². The molecule has 0 heterocycles. The minimum atomic E-state index is -0.303. The molecule has 4 heteroatoms. The smallest absolute Gasteiger partial charge is 0.305 e. The van der Waals surface area contributed by atoms with Crippen molar-refractivity contribution in [3.05, 3.63) is 12.7 Å². The van der Waals surface area contributed by atoms with Crippen LogP contribution in [0.25, 0.3) is 0 Å². The molecule has 0 saturated heterocycles. The normalized spacial score (nSPS) is 10.8. The molecule has 0 aromatic heterocycles. The van der Waals surface area contributed by atoms with Crippen LogP contribution in [0.15, 0.2) is 12.7 Å². The Kier molecular flexibility index (Phi) is 6.54. The first-order valence-electron chi connectivity index (χ1n) is 5.92. The van der Waals surface area contributed by atoms with Gasteiger partial charge >= 0.3 is 5.97 Å². The molecule has 0 aromatic carbocycles. The molecule has 0 spiro atoms. The summed E-state index contributed by atoms with van der Waals surface area (Å²) >= 11 is 0. The number of nitrogens with zero attached hydrogens (tertiary/aromatic N) is 1. The maximum Gasteiger partial charge on any atom is 0.305 e. The molecule has 0 bridgehead atoms. The molecule has 0 atom stereocenters. The second-order valence-electron chi connectivity index (χ2n) is 4.84. The number of hydrogen-bond donors (Lipinski definition) is 0. The van der Waals surface area contributed by atoms with Gasteiger partial charge in [-0.2, -0.15) is 0 Å². The number of carbonyl (C=O) groups is 2. The number of carbonyl (C=O) groups excluding carboxylic acids is 2. The lowest BCUT2D eigenvalue weighted by Crippen LogP contribution is -2.46. The SMILES string of the molecule is C=CC(=O)N(CCOC(=O)CCC)C(C)(C)C. The Labute approximate surface area is 104 Å². The van der Waals surface area contributed by atoms with E-state index in [2.05, 4.69) is 6.58 Å². The number of rotatable bonds is 6. The fourth-order valence-electron chi connectivity index (χ4n) is 1.41. The molecule has 0 aliphatic heterocycles. The predicted molar refractivity (Wildman–Crippen MR) is 67.5 cm³/mol. The minimum absolute atomic E-state index is 0.149. The van der Waals surface area contributed by atoms with Crippen molar-refractivity contribution in [3.8, 4) is 0 Å². The van der Waals surface area contributed by atoms with Crippen molar-refractivity contribution < 1.29 is 14.3 Å². The molecule has 0 aromatic rings. The summed E-state index contributed by atoms with van der Waals surface area (Å²) in [5.41, 5.74) is -0.303. The molecule has 0 N–H and O–H groups in total. The monoisotopic (exact) mass is 241 g/mol. The Balaban J connectivity index is 4.24. The Bertz CT molecular complexity index is 279. The van der Waals surface area contributed by atoms with E-state index in [1.54, 1.807) is 4.90 Å². The van der Waals surface area contributed by atoms with Crippen molar-refractivity contribution in [2.24, 2.45) is 0 Å². The van der Waals surface area contributed by atoms with Crippen LogP contribution < -0.4 is 0 Å². The molecule has 17 heavy (non-hydrogen) atoms. The fourth-order valence-corrected chi connectivity index (χ4v) is 1.41. The van der Waals surface area contributed by atoms with Gasteiger partial charge < -0.3 is 9.64 Å². The minimum Gasteiger partial charge on any atom is -0.464 e. The van der Waals surface area contributed by atoms with E-state index in [4.69, 9.17) is 4.74 Å². The van der Waals surface area contributed by atoms with E-state index >= 15 is 0 Å². The molecule has 0 aliphatic carbocycles.